The Balaban J connectivity index is 2.47. The van der Waals surface area contributed by atoms with Gasteiger partial charge in [0.15, 0.2) is 5.11 Å². The molecular formula is C7H15N3OS. The molecule has 1 unspecified atom stereocenters. The highest BCUT2D eigenvalue weighted by Crippen LogP contribution is 2.24. The molecule has 0 spiro atoms. The normalized spacial score (nSPS) is 26.8. The molecule has 1 rings (SSSR count). The van der Waals surface area contributed by atoms with Gasteiger partial charge in [-0.25, -0.2) is 5.84 Å². The standard InChI is InChI=1S/C7H15N3OS/c1-7(2)5(3-4-11-7)9-6(12)10-8/h5H,3-4,8H2,1-2H3,(H2,9,10,12). The number of nitrogens with one attached hydrogen (secondary N) is 2. The smallest absolute Gasteiger partial charge is 0.180 e. The Kier molecular flexibility index (Phi) is 2.87. The van der Waals surface area contributed by atoms with Crippen molar-refractivity contribution in [3.8, 4) is 0 Å². The van der Waals surface area contributed by atoms with E-state index in [-0.39, 0.29) is 11.6 Å². The molecular weight excluding hydrogens is 174 g/mol. The highest BCUT2D eigenvalue weighted by Gasteiger charge is 2.35. The summed E-state index contributed by atoms with van der Waals surface area (Å²) in [4.78, 5) is 0. The topological polar surface area (TPSA) is 59.3 Å². The van der Waals surface area contributed by atoms with Crippen LogP contribution in [0.25, 0.3) is 0 Å². The van der Waals surface area contributed by atoms with Crippen molar-refractivity contribution in [2.24, 2.45) is 5.84 Å². The zero-order valence-corrected chi connectivity index (χ0v) is 8.20. The van der Waals surface area contributed by atoms with Crippen LogP contribution < -0.4 is 16.6 Å². The predicted molar refractivity (Wildman–Crippen MR) is 51.5 cm³/mol. The minimum absolute atomic E-state index is 0.152. The van der Waals surface area contributed by atoms with Crippen LogP contribution in [0.5, 0.6) is 0 Å². The Bertz CT molecular complexity index is 183. The first-order valence-corrected chi connectivity index (χ1v) is 4.38. The predicted octanol–water partition coefficient (Wildman–Crippen LogP) is -0.108. The number of nitrogens with two attached hydrogens (primary N) is 1. The number of ether oxygens (including phenoxy) is 1. The molecule has 1 heterocycles. The molecule has 0 bridgehead atoms. The highest BCUT2D eigenvalue weighted by molar-refractivity contribution is 7.80. The fraction of sp³-hybridized carbons (Fsp3) is 0.857. The fourth-order valence-corrected chi connectivity index (χ4v) is 1.48. The van der Waals surface area contributed by atoms with Crippen LogP contribution in [0.3, 0.4) is 0 Å². The minimum Gasteiger partial charge on any atom is -0.373 e. The second-order valence-electron chi connectivity index (χ2n) is 3.41. The third-order valence-electron chi connectivity index (χ3n) is 2.16. The molecule has 0 aromatic rings. The van der Waals surface area contributed by atoms with Crippen molar-refractivity contribution in [2.45, 2.75) is 31.9 Å². The van der Waals surface area contributed by atoms with E-state index in [0.717, 1.165) is 13.0 Å². The first kappa shape index (κ1) is 9.70. The van der Waals surface area contributed by atoms with Gasteiger partial charge in [-0.15, -0.1) is 0 Å². The summed E-state index contributed by atoms with van der Waals surface area (Å²) in [6, 6.07) is 0.251. The Morgan fingerprint density at radius 1 is 1.67 bits per heavy atom. The van der Waals surface area contributed by atoms with Gasteiger partial charge >= 0.3 is 0 Å². The van der Waals surface area contributed by atoms with Crippen molar-refractivity contribution in [3.63, 3.8) is 0 Å². The summed E-state index contributed by atoms with van der Waals surface area (Å²) in [5.74, 6) is 5.14. The van der Waals surface area contributed by atoms with E-state index < -0.39 is 0 Å². The first-order chi connectivity index (χ1) is 5.56. The molecule has 0 aromatic carbocycles. The van der Waals surface area contributed by atoms with Gasteiger partial charge in [-0.3, -0.25) is 0 Å². The van der Waals surface area contributed by atoms with Crippen molar-refractivity contribution in [3.05, 3.63) is 0 Å². The van der Waals surface area contributed by atoms with E-state index in [4.69, 9.17) is 22.8 Å². The zero-order valence-electron chi connectivity index (χ0n) is 7.39. The second-order valence-corrected chi connectivity index (χ2v) is 3.82. The average molecular weight is 189 g/mol. The van der Waals surface area contributed by atoms with E-state index in [1.54, 1.807) is 0 Å². The van der Waals surface area contributed by atoms with Crippen molar-refractivity contribution in [2.75, 3.05) is 6.61 Å². The molecule has 1 aliphatic rings. The highest BCUT2D eigenvalue weighted by atomic mass is 32.1. The Hall–Kier alpha value is -0.390. The van der Waals surface area contributed by atoms with Crippen molar-refractivity contribution >= 4 is 17.3 Å². The van der Waals surface area contributed by atoms with Crippen LogP contribution in [0.2, 0.25) is 0 Å². The molecule has 1 fully saturated rings. The summed E-state index contributed by atoms with van der Waals surface area (Å²) in [5.41, 5.74) is 2.24. The van der Waals surface area contributed by atoms with Gasteiger partial charge in [0, 0.05) is 6.61 Å². The molecule has 0 radical (unpaired) electrons. The molecule has 5 heteroatoms. The lowest BCUT2D eigenvalue weighted by Crippen LogP contribution is -2.51. The lowest BCUT2D eigenvalue weighted by Gasteiger charge is -2.27. The van der Waals surface area contributed by atoms with Crippen LogP contribution in [0.15, 0.2) is 0 Å². The van der Waals surface area contributed by atoms with E-state index in [1.165, 1.54) is 0 Å². The first-order valence-electron chi connectivity index (χ1n) is 3.97. The van der Waals surface area contributed by atoms with E-state index in [1.807, 2.05) is 13.8 Å². The molecule has 12 heavy (non-hydrogen) atoms. The van der Waals surface area contributed by atoms with Crippen LogP contribution in [-0.4, -0.2) is 23.4 Å². The molecule has 4 nitrogen and oxygen atoms in total. The summed E-state index contributed by atoms with van der Waals surface area (Å²) in [7, 11) is 0. The number of hydrogen-bond donors (Lipinski definition) is 3. The second kappa shape index (κ2) is 3.55. The number of hydrazine groups is 1. The van der Waals surface area contributed by atoms with E-state index in [9.17, 15) is 0 Å². The third-order valence-corrected chi connectivity index (χ3v) is 2.39. The molecule has 0 saturated carbocycles. The third kappa shape index (κ3) is 2.06. The molecule has 0 aliphatic carbocycles. The van der Waals surface area contributed by atoms with Crippen LogP contribution in [0.4, 0.5) is 0 Å². The van der Waals surface area contributed by atoms with Crippen LogP contribution in [0.1, 0.15) is 20.3 Å². The van der Waals surface area contributed by atoms with Gasteiger partial charge in [-0.05, 0) is 32.5 Å². The Morgan fingerprint density at radius 3 is 2.75 bits per heavy atom. The molecule has 4 N–H and O–H groups in total. The lowest BCUT2D eigenvalue weighted by atomic mass is 9.99. The van der Waals surface area contributed by atoms with Gasteiger partial charge in [0.25, 0.3) is 0 Å². The van der Waals surface area contributed by atoms with Gasteiger partial charge in [0.1, 0.15) is 0 Å². The number of thiocarbonyl (C=S) groups is 1. The maximum absolute atomic E-state index is 5.51. The maximum Gasteiger partial charge on any atom is 0.180 e. The van der Waals surface area contributed by atoms with E-state index >= 15 is 0 Å². The van der Waals surface area contributed by atoms with E-state index in [2.05, 4.69) is 10.7 Å². The van der Waals surface area contributed by atoms with Gasteiger partial charge in [0.2, 0.25) is 0 Å². The van der Waals surface area contributed by atoms with Crippen molar-refractivity contribution in [1.82, 2.24) is 10.7 Å². The maximum atomic E-state index is 5.51. The van der Waals surface area contributed by atoms with Crippen LogP contribution in [-0.2, 0) is 4.74 Å². The van der Waals surface area contributed by atoms with E-state index in [0.29, 0.717) is 5.11 Å². The van der Waals surface area contributed by atoms with Crippen molar-refractivity contribution in [1.29, 1.82) is 0 Å². The molecule has 0 aromatic heterocycles. The SMILES string of the molecule is CC1(C)OCCC1NC(=S)NN. The molecule has 70 valence electrons. The summed E-state index contributed by atoms with van der Waals surface area (Å²) >= 11 is 4.89. The minimum atomic E-state index is -0.152. The monoisotopic (exact) mass is 189 g/mol. The number of rotatable bonds is 1. The van der Waals surface area contributed by atoms with Crippen LogP contribution >= 0.6 is 12.2 Å². The fourth-order valence-electron chi connectivity index (χ4n) is 1.33. The zero-order chi connectivity index (χ0) is 9.19. The molecule has 1 atom stereocenters. The van der Waals surface area contributed by atoms with Gasteiger partial charge < -0.3 is 15.5 Å². The van der Waals surface area contributed by atoms with Gasteiger partial charge in [-0.1, -0.05) is 0 Å². The van der Waals surface area contributed by atoms with Crippen LogP contribution in [0, 0.1) is 0 Å². The lowest BCUT2D eigenvalue weighted by molar-refractivity contribution is 0.0250. The quantitative estimate of drug-likeness (QED) is 0.305. The van der Waals surface area contributed by atoms with Gasteiger partial charge in [-0.2, -0.15) is 0 Å². The molecule has 0 amide bonds. The Morgan fingerprint density at radius 2 is 2.33 bits per heavy atom. The summed E-state index contributed by atoms with van der Waals surface area (Å²) in [6.07, 6.45) is 0.967. The van der Waals surface area contributed by atoms with Gasteiger partial charge in [0.05, 0.1) is 11.6 Å². The average Bonchev–Trinajstić information content (AvgIpc) is 2.31. The number of hydrogen-bond acceptors (Lipinski definition) is 3. The molecule has 1 saturated heterocycles. The molecule has 1 aliphatic heterocycles. The summed E-state index contributed by atoms with van der Waals surface area (Å²) < 4.78 is 5.51. The summed E-state index contributed by atoms with van der Waals surface area (Å²) in [6.45, 7) is 4.85. The Labute approximate surface area is 77.8 Å². The largest absolute Gasteiger partial charge is 0.373 e. The summed E-state index contributed by atoms with van der Waals surface area (Å²) in [5, 5.41) is 3.56. The van der Waals surface area contributed by atoms with Crippen molar-refractivity contribution < 1.29 is 4.74 Å².